The molecule has 124 valence electrons. The molecule has 1 unspecified atom stereocenters. The van der Waals surface area contributed by atoms with E-state index >= 15 is 0 Å². The van der Waals surface area contributed by atoms with Crippen LogP contribution >= 0.6 is 0 Å². The second kappa shape index (κ2) is 7.90. The Morgan fingerprint density at radius 3 is 2.48 bits per heavy atom. The van der Waals surface area contributed by atoms with Gasteiger partial charge in [-0.3, -0.25) is 4.79 Å². The van der Waals surface area contributed by atoms with Crippen LogP contribution in [-0.4, -0.2) is 26.9 Å². The Morgan fingerprint density at radius 1 is 1.17 bits per heavy atom. The molecular weight excluding hydrogens is 288 g/mol. The lowest BCUT2D eigenvalue weighted by Gasteiger charge is -2.21. The van der Waals surface area contributed by atoms with E-state index in [9.17, 15) is 4.79 Å². The van der Waals surface area contributed by atoms with Crippen LogP contribution in [0.3, 0.4) is 0 Å². The van der Waals surface area contributed by atoms with Crippen molar-refractivity contribution in [2.75, 3.05) is 0 Å². The zero-order valence-electron chi connectivity index (χ0n) is 14.4. The van der Waals surface area contributed by atoms with E-state index in [-0.39, 0.29) is 11.9 Å². The molecule has 0 radical (unpaired) electrons. The number of aromatic nitrogens is 3. The molecule has 2 aromatic rings. The van der Waals surface area contributed by atoms with Crippen LogP contribution < -0.4 is 5.32 Å². The van der Waals surface area contributed by atoms with Gasteiger partial charge in [0.2, 0.25) is 5.91 Å². The maximum absolute atomic E-state index is 12.3. The van der Waals surface area contributed by atoms with Crippen molar-refractivity contribution in [1.82, 2.24) is 20.3 Å². The molecule has 5 nitrogen and oxygen atoms in total. The summed E-state index contributed by atoms with van der Waals surface area (Å²) < 4.78 is 0. The maximum Gasteiger partial charge on any atom is 0.220 e. The number of aryl methyl sites for hydroxylation is 3. The maximum atomic E-state index is 12.3. The lowest BCUT2D eigenvalue weighted by Crippen LogP contribution is -2.42. The first-order valence-corrected chi connectivity index (χ1v) is 8.15. The van der Waals surface area contributed by atoms with Crippen molar-refractivity contribution in [1.29, 1.82) is 0 Å². The molecule has 1 heterocycles. The van der Waals surface area contributed by atoms with Gasteiger partial charge in [0.15, 0.2) is 0 Å². The van der Waals surface area contributed by atoms with E-state index < -0.39 is 0 Å². The van der Waals surface area contributed by atoms with Crippen molar-refractivity contribution in [2.45, 2.75) is 53.1 Å². The molecule has 0 saturated carbocycles. The number of rotatable bonds is 7. The summed E-state index contributed by atoms with van der Waals surface area (Å²) >= 11 is 0. The Balaban J connectivity index is 1.87. The van der Waals surface area contributed by atoms with Crippen LogP contribution in [0.1, 0.15) is 37.0 Å². The molecule has 0 aliphatic carbocycles. The Morgan fingerprint density at radius 2 is 1.87 bits per heavy atom. The van der Waals surface area contributed by atoms with E-state index in [4.69, 9.17) is 0 Å². The highest BCUT2D eigenvalue weighted by Gasteiger charge is 2.17. The van der Waals surface area contributed by atoms with E-state index in [0.29, 0.717) is 18.9 Å². The van der Waals surface area contributed by atoms with Crippen molar-refractivity contribution in [3.05, 3.63) is 47.3 Å². The average molecular weight is 314 g/mol. The summed E-state index contributed by atoms with van der Waals surface area (Å²) in [5, 5.41) is 11.3. The van der Waals surface area contributed by atoms with Crippen LogP contribution in [0.2, 0.25) is 0 Å². The number of benzene rings is 1. The Kier molecular flexibility index (Phi) is 5.90. The molecule has 1 N–H and O–H groups in total. The lowest BCUT2D eigenvalue weighted by atomic mass is 10.0. The van der Waals surface area contributed by atoms with Gasteiger partial charge in [0, 0.05) is 6.42 Å². The van der Waals surface area contributed by atoms with Crippen molar-refractivity contribution in [3.63, 3.8) is 0 Å². The van der Waals surface area contributed by atoms with Crippen molar-refractivity contribution in [3.8, 4) is 0 Å². The van der Waals surface area contributed by atoms with Gasteiger partial charge in [0.1, 0.15) is 0 Å². The summed E-state index contributed by atoms with van der Waals surface area (Å²) in [4.78, 5) is 13.9. The lowest BCUT2D eigenvalue weighted by molar-refractivity contribution is -0.122. The normalized spacial score (nSPS) is 12.4. The predicted molar refractivity (Wildman–Crippen MR) is 91.0 cm³/mol. The minimum atomic E-state index is 0.0367. The van der Waals surface area contributed by atoms with Crippen molar-refractivity contribution in [2.24, 2.45) is 5.92 Å². The van der Waals surface area contributed by atoms with Gasteiger partial charge in [-0.15, -0.1) is 0 Å². The van der Waals surface area contributed by atoms with Crippen LogP contribution in [0.25, 0.3) is 0 Å². The first-order valence-electron chi connectivity index (χ1n) is 8.15. The fraction of sp³-hybridized carbons (Fsp3) is 0.500. The zero-order chi connectivity index (χ0) is 16.8. The zero-order valence-corrected chi connectivity index (χ0v) is 14.4. The van der Waals surface area contributed by atoms with E-state index in [1.165, 1.54) is 16.7 Å². The van der Waals surface area contributed by atoms with E-state index in [2.05, 4.69) is 61.4 Å². The Hall–Kier alpha value is -2.17. The predicted octanol–water partition coefficient (Wildman–Crippen LogP) is 2.67. The summed E-state index contributed by atoms with van der Waals surface area (Å²) in [5.41, 5.74) is 3.76. The highest BCUT2D eigenvalue weighted by atomic mass is 16.1. The second-order valence-corrected chi connectivity index (χ2v) is 6.42. The molecule has 23 heavy (non-hydrogen) atoms. The molecule has 1 aromatic heterocycles. The SMILES string of the molecule is Cc1ccc(CCC(=O)NC(Cn2nccn2)C(C)C)cc1C. The molecule has 1 amide bonds. The summed E-state index contributed by atoms with van der Waals surface area (Å²) in [5.74, 6) is 0.403. The van der Waals surface area contributed by atoms with Gasteiger partial charge in [0.05, 0.1) is 25.0 Å². The van der Waals surface area contributed by atoms with E-state index in [1.807, 2.05) is 0 Å². The number of hydrogen-bond donors (Lipinski definition) is 1. The molecule has 0 bridgehead atoms. The van der Waals surface area contributed by atoms with Crippen LogP contribution in [0.4, 0.5) is 0 Å². The quantitative estimate of drug-likeness (QED) is 0.855. The van der Waals surface area contributed by atoms with Crippen LogP contribution in [0, 0.1) is 19.8 Å². The minimum absolute atomic E-state index is 0.0367. The van der Waals surface area contributed by atoms with Gasteiger partial charge in [-0.1, -0.05) is 32.0 Å². The van der Waals surface area contributed by atoms with Gasteiger partial charge in [-0.25, -0.2) is 0 Å². The first kappa shape index (κ1) is 17.2. The molecule has 0 aliphatic rings. The van der Waals surface area contributed by atoms with Gasteiger partial charge < -0.3 is 5.32 Å². The molecule has 0 saturated heterocycles. The number of nitrogens with zero attached hydrogens (tertiary/aromatic N) is 3. The highest BCUT2D eigenvalue weighted by Crippen LogP contribution is 2.12. The third-order valence-corrected chi connectivity index (χ3v) is 4.19. The highest BCUT2D eigenvalue weighted by molar-refractivity contribution is 5.76. The first-order chi connectivity index (χ1) is 11.0. The fourth-order valence-corrected chi connectivity index (χ4v) is 2.43. The van der Waals surface area contributed by atoms with E-state index in [0.717, 1.165) is 6.42 Å². The number of hydrogen-bond acceptors (Lipinski definition) is 3. The van der Waals surface area contributed by atoms with Crippen LogP contribution in [-0.2, 0) is 17.8 Å². The van der Waals surface area contributed by atoms with Crippen molar-refractivity contribution < 1.29 is 4.79 Å². The van der Waals surface area contributed by atoms with Gasteiger partial charge in [-0.05, 0) is 42.9 Å². The summed E-state index contributed by atoms with van der Waals surface area (Å²) in [7, 11) is 0. The Bertz CT molecular complexity index is 634. The monoisotopic (exact) mass is 314 g/mol. The smallest absolute Gasteiger partial charge is 0.220 e. The molecular formula is C18H26N4O. The number of nitrogens with one attached hydrogen (secondary N) is 1. The molecule has 0 spiro atoms. The number of amides is 1. The summed E-state index contributed by atoms with van der Waals surface area (Å²) in [6.45, 7) is 8.99. The van der Waals surface area contributed by atoms with Gasteiger partial charge in [-0.2, -0.15) is 15.0 Å². The molecule has 1 atom stereocenters. The third-order valence-electron chi connectivity index (χ3n) is 4.19. The Labute approximate surface area is 138 Å². The third kappa shape index (κ3) is 5.20. The minimum Gasteiger partial charge on any atom is -0.351 e. The topological polar surface area (TPSA) is 59.8 Å². The molecule has 0 aliphatic heterocycles. The average Bonchev–Trinajstić information content (AvgIpc) is 3.01. The number of carbonyl (C=O) groups is 1. The van der Waals surface area contributed by atoms with Crippen molar-refractivity contribution >= 4 is 5.91 Å². The second-order valence-electron chi connectivity index (χ2n) is 6.42. The largest absolute Gasteiger partial charge is 0.351 e. The summed E-state index contributed by atoms with van der Waals surface area (Å²) in [6.07, 6.45) is 4.56. The molecule has 5 heteroatoms. The standard InChI is InChI=1S/C18H26N4O/c1-13(2)17(12-22-19-9-10-20-22)21-18(23)8-7-16-6-5-14(3)15(4)11-16/h5-6,9-11,13,17H,7-8,12H2,1-4H3,(H,21,23). The summed E-state index contributed by atoms with van der Waals surface area (Å²) in [6, 6.07) is 6.41. The molecule has 0 fully saturated rings. The van der Waals surface area contributed by atoms with Gasteiger partial charge in [0.25, 0.3) is 0 Å². The number of carbonyl (C=O) groups excluding carboxylic acids is 1. The van der Waals surface area contributed by atoms with Crippen LogP contribution in [0.15, 0.2) is 30.6 Å². The molecule has 2 rings (SSSR count). The van der Waals surface area contributed by atoms with Gasteiger partial charge >= 0.3 is 0 Å². The van der Waals surface area contributed by atoms with E-state index in [1.54, 1.807) is 17.2 Å². The van der Waals surface area contributed by atoms with Crippen LogP contribution in [0.5, 0.6) is 0 Å². The fourth-order valence-electron chi connectivity index (χ4n) is 2.43. The molecule has 1 aromatic carbocycles.